The zero-order valence-corrected chi connectivity index (χ0v) is 18.5. The van der Waals surface area contributed by atoms with Crippen molar-refractivity contribution in [3.05, 3.63) is 69.8 Å². The molecule has 168 valence electrons. The third-order valence-electron chi connectivity index (χ3n) is 4.54. The van der Waals surface area contributed by atoms with Crippen LogP contribution in [0.15, 0.2) is 53.4 Å². The minimum absolute atomic E-state index is 0.0242. The summed E-state index contributed by atoms with van der Waals surface area (Å²) in [5.74, 6) is -1.12. The van der Waals surface area contributed by atoms with E-state index in [0.29, 0.717) is 16.4 Å². The van der Waals surface area contributed by atoms with E-state index in [2.05, 4.69) is 20.7 Å². The summed E-state index contributed by atoms with van der Waals surface area (Å²) >= 11 is 6.68. The van der Waals surface area contributed by atoms with Crippen molar-refractivity contribution in [3.8, 4) is 11.4 Å². The van der Waals surface area contributed by atoms with Crippen LogP contribution in [0.5, 0.6) is 0 Å². The molecule has 1 fully saturated rings. The summed E-state index contributed by atoms with van der Waals surface area (Å²) in [5, 5.41) is 14.5. The lowest BCUT2D eigenvalue weighted by Gasteiger charge is -2.12. The molecule has 2 aromatic carbocycles. The zero-order chi connectivity index (χ0) is 23.4. The Hall–Kier alpha value is -3.57. The number of halogens is 2. The third kappa shape index (κ3) is 5.44. The van der Waals surface area contributed by atoms with Crippen LogP contribution in [0.4, 0.5) is 9.18 Å². The van der Waals surface area contributed by atoms with Crippen molar-refractivity contribution >= 4 is 46.5 Å². The number of aromatic nitrogens is 4. The fourth-order valence-corrected chi connectivity index (χ4v) is 4.02. The molecule has 1 N–H and O–H groups in total. The van der Waals surface area contributed by atoms with E-state index in [9.17, 15) is 18.8 Å². The monoisotopic (exact) mass is 486 g/mol. The fourth-order valence-electron chi connectivity index (χ4n) is 2.97. The lowest BCUT2D eigenvalue weighted by molar-refractivity contribution is -0.124. The number of thioether (sulfide) groups is 1. The Labute approximate surface area is 196 Å². The van der Waals surface area contributed by atoms with Gasteiger partial charge < -0.3 is 5.32 Å². The maximum absolute atomic E-state index is 13.8. The number of nitrogens with zero attached hydrogens (tertiary/aromatic N) is 5. The molecular weight excluding hydrogens is 471 g/mol. The van der Waals surface area contributed by atoms with Gasteiger partial charge in [-0.15, -0.1) is 10.2 Å². The molecule has 0 saturated carbocycles. The summed E-state index contributed by atoms with van der Waals surface area (Å²) in [5.41, 5.74) is 0.880. The number of hydrogen-bond acceptors (Lipinski definition) is 7. The van der Waals surface area contributed by atoms with Crippen molar-refractivity contribution in [2.24, 2.45) is 0 Å². The Bertz CT molecular complexity index is 1260. The molecule has 9 nitrogen and oxygen atoms in total. The molecule has 2 heterocycles. The largest absolute Gasteiger partial charge is 0.353 e. The predicted octanol–water partition coefficient (Wildman–Crippen LogP) is 2.99. The van der Waals surface area contributed by atoms with E-state index in [1.807, 2.05) is 0 Å². The number of imide groups is 1. The molecular formula is C21H16ClFN6O3S. The molecule has 1 aliphatic rings. The smallest absolute Gasteiger partial charge is 0.293 e. The molecule has 3 amide bonds. The van der Waals surface area contributed by atoms with E-state index in [0.717, 1.165) is 21.5 Å². The Morgan fingerprint density at radius 2 is 2.00 bits per heavy atom. The minimum atomic E-state index is -0.536. The van der Waals surface area contributed by atoms with Crippen LogP contribution < -0.4 is 5.32 Å². The molecule has 0 bridgehead atoms. The second kappa shape index (κ2) is 9.92. The molecule has 3 aromatic rings. The first-order valence-electron chi connectivity index (χ1n) is 9.71. The van der Waals surface area contributed by atoms with Crippen LogP contribution in [-0.2, 0) is 16.1 Å². The van der Waals surface area contributed by atoms with Gasteiger partial charge >= 0.3 is 0 Å². The van der Waals surface area contributed by atoms with Crippen LogP contribution in [0, 0.1) is 5.82 Å². The van der Waals surface area contributed by atoms with Gasteiger partial charge in [-0.3, -0.25) is 19.3 Å². The highest BCUT2D eigenvalue weighted by Gasteiger charge is 2.34. The highest BCUT2D eigenvalue weighted by Crippen LogP contribution is 2.32. The summed E-state index contributed by atoms with van der Waals surface area (Å²) in [7, 11) is 0. The van der Waals surface area contributed by atoms with E-state index in [1.165, 1.54) is 24.3 Å². The fraction of sp³-hybridized carbons (Fsp3) is 0.143. The highest BCUT2D eigenvalue weighted by molar-refractivity contribution is 8.18. The number of benzene rings is 2. The number of hydrogen-bond donors (Lipinski definition) is 1. The number of tetrazole rings is 1. The molecule has 33 heavy (non-hydrogen) atoms. The van der Waals surface area contributed by atoms with Crippen LogP contribution in [0.2, 0.25) is 5.02 Å². The molecule has 0 aliphatic carbocycles. The number of nitrogens with one attached hydrogen (secondary N) is 1. The average molecular weight is 487 g/mol. The average Bonchev–Trinajstić information content (AvgIpc) is 3.35. The molecule has 1 aromatic heterocycles. The van der Waals surface area contributed by atoms with Gasteiger partial charge in [0.25, 0.3) is 11.1 Å². The number of rotatable bonds is 7. The molecule has 12 heteroatoms. The Balaban J connectivity index is 1.30. The normalized spacial score (nSPS) is 14.8. The molecule has 0 unspecified atom stereocenters. The van der Waals surface area contributed by atoms with Gasteiger partial charge in [-0.2, -0.15) is 4.80 Å². The maximum atomic E-state index is 13.8. The van der Waals surface area contributed by atoms with Gasteiger partial charge in [-0.25, -0.2) is 4.39 Å². The van der Waals surface area contributed by atoms with Crippen LogP contribution in [0.3, 0.4) is 0 Å². The van der Waals surface area contributed by atoms with Gasteiger partial charge in [0.1, 0.15) is 12.4 Å². The molecule has 1 saturated heterocycles. The van der Waals surface area contributed by atoms with Crippen LogP contribution in [-0.4, -0.2) is 55.3 Å². The van der Waals surface area contributed by atoms with Gasteiger partial charge in [0.05, 0.1) is 4.91 Å². The van der Waals surface area contributed by atoms with E-state index in [-0.39, 0.29) is 30.1 Å². The molecule has 1 aliphatic heterocycles. The summed E-state index contributed by atoms with van der Waals surface area (Å²) < 4.78 is 13.8. The van der Waals surface area contributed by atoms with Gasteiger partial charge in [-0.1, -0.05) is 41.9 Å². The van der Waals surface area contributed by atoms with E-state index in [1.54, 1.807) is 30.3 Å². The summed E-state index contributed by atoms with van der Waals surface area (Å²) in [6.45, 7) is -0.175. The predicted molar refractivity (Wildman–Crippen MR) is 120 cm³/mol. The van der Waals surface area contributed by atoms with Gasteiger partial charge in [0.2, 0.25) is 11.7 Å². The highest BCUT2D eigenvalue weighted by atomic mass is 35.5. The van der Waals surface area contributed by atoms with Crippen LogP contribution >= 0.6 is 23.4 Å². The first-order valence-corrected chi connectivity index (χ1v) is 10.9. The number of amides is 3. The van der Waals surface area contributed by atoms with Crippen molar-refractivity contribution in [1.82, 2.24) is 30.4 Å². The zero-order valence-electron chi connectivity index (χ0n) is 16.9. The van der Waals surface area contributed by atoms with Crippen molar-refractivity contribution in [2.75, 3.05) is 13.1 Å². The summed E-state index contributed by atoms with van der Waals surface area (Å²) in [6.07, 6.45) is 1.34. The number of carbonyl (C=O) groups excluding carboxylic acids is 3. The lowest BCUT2D eigenvalue weighted by Crippen LogP contribution is -2.38. The molecule has 4 rings (SSSR count). The third-order valence-corrected chi connectivity index (χ3v) is 5.69. The number of carbonyl (C=O) groups is 3. The van der Waals surface area contributed by atoms with E-state index >= 15 is 0 Å². The summed E-state index contributed by atoms with van der Waals surface area (Å²) in [4.78, 5) is 39.1. The summed E-state index contributed by atoms with van der Waals surface area (Å²) in [6, 6.07) is 12.9. The molecule has 0 radical (unpaired) electrons. The van der Waals surface area contributed by atoms with Crippen molar-refractivity contribution in [3.63, 3.8) is 0 Å². The second-order valence-corrected chi connectivity index (χ2v) is 8.29. The molecule has 0 spiro atoms. The Kier molecular flexibility index (Phi) is 6.80. The van der Waals surface area contributed by atoms with Gasteiger partial charge in [0.15, 0.2) is 0 Å². The van der Waals surface area contributed by atoms with Gasteiger partial charge in [0, 0.05) is 29.2 Å². The van der Waals surface area contributed by atoms with Crippen molar-refractivity contribution in [2.45, 2.75) is 6.54 Å². The topological polar surface area (TPSA) is 110 Å². The maximum Gasteiger partial charge on any atom is 0.293 e. The van der Waals surface area contributed by atoms with Gasteiger partial charge in [-0.05, 0) is 41.3 Å². The quantitative estimate of drug-likeness (QED) is 0.511. The minimum Gasteiger partial charge on any atom is -0.353 e. The van der Waals surface area contributed by atoms with Crippen molar-refractivity contribution < 1.29 is 18.8 Å². The SMILES string of the molecule is O=C(Cn1nnc(-c2cccc(Cl)c2)n1)NCCN1C(=O)S/C(=C\c2ccccc2F)C1=O. The van der Waals surface area contributed by atoms with E-state index < -0.39 is 22.9 Å². The Morgan fingerprint density at radius 1 is 1.18 bits per heavy atom. The van der Waals surface area contributed by atoms with Crippen molar-refractivity contribution in [1.29, 1.82) is 0 Å². The first kappa shape index (κ1) is 22.6. The lowest BCUT2D eigenvalue weighted by atomic mass is 10.2. The second-order valence-electron chi connectivity index (χ2n) is 6.86. The van der Waals surface area contributed by atoms with Crippen LogP contribution in [0.25, 0.3) is 17.5 Å². The Morgan fingerprint density at radius 3 is 2.79 bits per heavy atom. The van der Waals surface area contributed by atoms with Crippen LogP contribution in [0.1, 0.15) is 5.56 Å². The van der Waals surface area contributed by atoms with E-state index in [4.69, 9.17) is 11.6 Å². The first-order chi connectivity index (χ1) is 15.9. The standard InChI is InChI=1S/C21H16ClFN6O3S/c22-15-6-3-5-14(10-15)19-25-27-29(26-19)12-18(30)24-8-9-28-20(31)17(33-21(28)32)11-13-4-1-2-7-16(13)23/h1-7,10-11H,8-9,12H2,(H,24,30)/b17-11-. The molecule has 0 atom stereocenters.